The topological polar surface area (TPSA) is 29.1 Å². The number of halogens is 1. The van der Waals surface area contributed by atoms with E-state index < -0.39 is 0 Å². The van der Waals surface area contributed by atoms with Gasteiger partial charge in [-0.05, 0) is 68.0 Å². The van der Waals surface area contributed by atoms with Gasteiger partial charge in [-0.1, -0.05) is 11.6 Å². The van der Waals surface area contributed by atoms with Crippen LogP contribution in [0.4, 0.5) is 5.00 Å². The van der Waals surface area contributed by atoms with Crippen LogP contribution in [0.15, 0.2) is 24.3 Å². The number of benzene rings is 1. The van der Waals surface area contributed by atoms with E-state index in [-0.39, 0.29) is 5.91 Å². The largest absolute Gasteiger partial charge is 0.313 e. The fourth-order valence-electron chi connectivity index (χ4n) is 2.62. The standard InChI is InChI=1S/C16H16ClNOS/c1-10-13-4-2-3-5-14(13)20-16(10)18-15(19)11-6-8-12(17)9-7-11/h6-9H,2-5H2,1H3,(H,18,19). The molecule has 20 heavy (non-hydrogen) atoms. The minimum atomic E-state index is -0.0663. The van der Waals surface area contributed by atoms with Gasteiger partial charge in [-0.25, -0.2) is 0 Å². The van der Waals surface area contributed by atoms with Crippen LogP contribution in [0.25, 0.3) is 0 Å². The maximum atomic E-state index is 12.2. The summed E-state index contributed by atoms with van der Waals surface area (Å²) in [5.41, 5.74) is 3.33. The van der Waals surface area contributed by atoms with Gasteiger partial charge in [0.15, 0.2) is 0 Å². The number of thiophene rings is 1. The Labute approximate surface area is 127 Å². The summed E-state index contributed by atoms with van der Waals surface area (Å²) < 4.78 is 0. The Morgan fingerprint density at radius 1 is 1.20 bits per heavy atom. The highest BCUT2D eigenvalue weighted by molar-refractivity contribution is 7.16. The molecule has 1 heterocycles. The van der Waals surface area contributed by atoms with E-state index in [4.69, 9.17) is 11.6 Å². The minimum Gasteiger partial charge on any atom is -0.313 e. The van der Waals surface area contributed by atoms with Gasteiger partial charge in [0.05, 0.1) is 5.00 Å². The maximum Gasteiger partial charge on any atom is 0.256 e. The van der Waals surface area contributed by atoms with Crippen molar-refractivity contribution in [2.45, 2.75) is 32.6 Å². The van der Waals surface area contributed by atoms with Gasteiger partial charge in [-0.3, -0.25) is 4.79 Å². The van der Waals surface area contributed by atoms with Crippen LogP contribution in [0.5, 0.6) is 0 Å². The molecule has 1 amide bonds. The monoisotopic (exact) mass is 305 g/mol. The molecule has 0 unspecified atom stereocenters. The molecular formula is C16H16ClNOS. The van der Waals surface area contributed by atoms with E-state index in [1.54, 1.807) is 35.6 Å². The molecule has 0 radical (unpaired) electrons. The first-order valence-electron chi connectivity index (χ1n) is 6.83. The quantitative estimate of drug-likeness (QED) is 0.845. The summed E-state index contributed by atoms with van der Waals surface area (Å²) in [6.45, 7) is 2.11. The molecule has 0 saturated heterocycles. The summed E-state index contributed by atoms with van der Waals surface area (Å²) in [5.74, 6) is -0.0663. The first-order valence-corrected chi connectivity index (χ1v) is 8.02. The molecule has 104 valence electrons. The Bertz CT molecular complexity index is 645. The van der Waals surface area contributed by atoms with Crippen molar-refractivity contribution in [2.24, 2.45) is 0 Å². The summed E-state index contributed by atoms with van der Waals surface area (Å²) in [6.07, 6.45) is 4.82. The molecule has 3 rings (SSSR count). The molecule has 2 aromatic rings. The zero-order chi connectivity index (χ0) is 14.1. The lowest BCUT2D eigenvalue weighted by atomic mass is 9.96. The van der Waals surface area contributed by atoms with Crippen LogP contribution < -0.4 is 5.32 Å². The van der Waals surface area contributed by atoms with Crippen LogP contribution in [0.3, 0.4) is 0 Å². The van der Waals surface area contributed by atoms with Crippen LogP contribution in [-0.2, 0) is 12.8 Å². The molecule has 1 aliphatic carbocycles. The third-order valence-corrected chi connectivity index (χ3v) is 5.33. The van der Waals surface area contributed by atoms with E-state index in [1.165, 1.54) is 28.8 Å². The van der Waals surface area contributed by atoms with Gasteiger partial charge in [0.2, 0.25) is 0 Å². The summed E-state index contributed by atoms with van der Waals surface area (Å²) in [4.78, 5) is 13.7. The van der Waals surface area contributed by atoms with Gasteiger partial charge in [-0.2, -0.15) is 0 Å². The van der Waals surface area contributed by atoms with Gasteiger partial charge in [0, 0.05) is 15.5 Å². The lowest BCUT2D eigenvalue weighted by molar-refractivity contribution is 0.102. The Hall–Kier alpha value is -1.32. The zero-order valence-corrected chi connectivity index (χ0v) is 12.9. The zero-order valence-electron chi connectivity index (χ0n) is 11.3. The Balaban J connectivity index is 1.82. The fraction of sp³-hybridized carbons (Fsp3) is 0.312. The number of carbonyl (C=O) groups excluding carboxylic acids is 1. The first kappa shape index (κ1) is 13.7. The molecule has 0 atom stereocenters. The molecule has 0 bridgehead atoms. The summed E-state index contributed by atoms with van der Waals surface area (Å²) in [7, 11) is 0. The lowest BCUT2D eigenvalue weighted by Crippen LogP contribution is -2.11. The summed E-state index contributed by atoms with van der Waals surface area (Å²) in [5, 5.41) is 4.68. The molecule has 1 aromatic heterocycles. The normalized spacial score (nSPS) is 13.9. The van der Waals surface area contributed by atoms with E-state index in [0.717, 1.165) is 17.8 Å². The molecule has 0 spiro atoms. The number of fused-ring (bicyclic) bond motifs is 1. The van der Waals surface area contributed by atoms with Crippen LogP contribution in [0.1, 0.15) is 39.2 Å². The number of amides is 1. The molecule has 1 aliphatic rings. The number of aryl methyl sites for hydroxylation is 1. The van der Waals surface area contributed by atoms with E-state index >= 15 is 0 Å². The Morgan fingerprint density at radius 3 is 2.60 bits per heavy atom. The summed E-state index contributed by atoms with van der Waals surface area (Å²) >= 11 is 7.57. The van der Waals surface area contributed by atoms with Crippen molar-refractivity contribution in [1.82, 2.24) is 0 Å². The second-order valence-corrected chi connectivity index (χ2v) is 6.67. The SMILES string of the molecule is Cc1c(NC(=O)c2ccc(Cl)cc2)sc2c1CCCC2. The number of hydrogen-bond acceptors (Lipinski definition) is 2. The molecular weight excluding hydrogens is 290 g/mol. The average Bonchev–Trinajstić information content (AvgIpc) is 2.77. The molecule has 0 fully saturated rings. The van der Waals surface area contributed by atoms with Crippen LogP contribution >= 0.6 is 22.9 Å². The van der Waals surface area contributed by atoms with Crippen molar-refractivity contribution in [3.05, 3.63) is 50.9 Å². The Kier molecular flexibility index (Phi) is 3.81. The number of anilines is 1. The van der Waals surface area contributed by atoms with E-state index in [1.807, 2.05) is 0 Å². The highest BCUT2D eigenvalue weighted by Gasteiger charge is 2.19. The molecule has 0 saturated carbocycles. The minimum absolute atomic E-state index is 0.0663. The number of nitrogens with one attached hydrogen (secondary N) is 1. The van der Waals surface area contributed by atoms with Crippen molar-refractivity contribution in [3.8, 4) is 0 Å². The average molecular weight is 306 g/mol. The second-order valence-electron chi connectivity index (χ2n) is 5.13. The van der Waals surface area contributed by atoms with Crippen LogP contribution in [-0.4, -0.2) is 5.91 Å². The third kappa shape index (κ3) is 2.60. The smallest absolute Gasteiger partial charge is 0.256 e. The van der Waals surface area contributed by atoms with Crippen molar-refractivity contribution in [1.29, 1.82) is 0 Å². The molecule has 1 aromatic carbocycles. The summed E-state index contributed by atoms with van der Waals surface area (Å²) in [6, 6.07) is 6.98. The van der Waals surface area contributed by atoms with Crippen LogP contribution in [0.2, 0.25) is 5.02 Å². The van der Waals surface area contributed by atoms with E-state index in [2.05, 4.69) is 12.2 Å². The Morgan fingerprint density at radius 2 is 1.90 bits per heavy atom. The van der Waals surface area contributed by atoms with Crippen LogP contribution in [0, 0.1) is 6.92 Å². The van der Waals surface area contributed by atoms with E-state index in [0.29, 0.717) is 10.6 Å². The predicted molar refractivity (Wildman–Crippen MR) is 85.1 cm³/mol. The van der Waals surface area contributed by atoms with Crippen molar-refractivity contribution in [2.75, 3.05) is 5.32 Å². The highest BCUT2D eigenvalue weighted by Crippen LogP contribution is 2.37. The molecule has 0 aliphatic heterocycles. The van der Waals surface area contributed by atoms with Crippen molar-refractivity contribution < 1.29 is 4.79 Å². The molecule has 2 nitrogen and oxygen atoms in total. The molecule has 1 N–H and O–H groups in total. The van der Waals surface area contributed by atoms with Gasteiger partial charge in [-0.15, -0.1) is 11.3 Å². The molecule has 4 heteroatoms. The lowest BCUT2D eigenvalue weighted by Gasteiger charge is -2.10. The number of hydrogen-bond donors (Lipinski definition) is 1. The predicted octanol–water partition coefficient (Wildman–Crippen LogP) is 4.84. The number of carbonyl (C=O) groups is 1. The first-order chi connectivity index (χ1) is 9.65. The van der Waals surface area contributed by atoms with Crippen molar-refractivity contribution in [3.63, 3.8) is 0 Å². The number of rotatable bonds is 2. The van der Waals surface area contributed by atoms with Crippen molar-refractivity contribution >= 4 is 33.8 Å². The van der Waals surface area contributed by atoms with Gasteiger partial charge >= 0.3 is 0 Å². The second kappa shape index (κ2) is 5.58. The maximum absolute atomic E-state index is 12.2. The van der Waals surface area contributed by atoms with E-state index in [9.17, 15) is 4.79 Å². The highest BCUT2D eigenvalue weighted by atomic mass is 35.5. The third-order valence-electron chi connectivity index (χ3n) is 3.77. The van der Waals surface area contributed by atoms with Gasteiger partial charge < -0.3 is 5.32 Å². The fourth-order valence-corrected chi connectivity index (χ4v) is 4.04. The van der Waals surface area contributed by atoms with Gasteiger partial charge in [0.25, 0.3) is 5.91 Å². The van der Waals surface area contributed by atoms with Gasteiger partial charge in [0.1, 0.15) is 0 Å².